The Labute approximate surface area is 130 Å². The zero-order chi connectivity index (χ0) is 15.1. The average Bonchev–Trinajstić information content (AvgIpc) is 2.93. The lowest BCUT2D eigenvalue weighted by atomic mass is 10.1. The van der Waals surface area contributed by atoms with Crippen molar-refractivity contribution >= 4 is 11.6 Å². The molecule has 0 aliphatic carbocycles. The first-order chi connectivity index (χ1) is 10.2. The number of nitrogens with one attached hydrogen (secondary N) is 1. The van der Waals surface area contributed by atoms with Crippen molar-refractivity contribution in [3.8, 4) is 0 Å². The average molecular weight is 308 g/mol. The number of rotatable bonds is 8. The first-order valence-electron chi connectivity index (χ1n) is 7.51. The minimum Gasteiger partial charge on any atom is -0.339 e. The van der Waals surface area contributed by atoms with Crippen LogP contribution in [0.3, 0.4) is 0 Å². The third kappa shape index (κ3) is 4.83. The van der Waals surface area contributed by atoms with Crippen LogP contribution in [0.25, 0.3) is 0 Å². The Morgan fingerprint density at radius 3 is 2.81 bits per heavy atom. The molecular formula is C16H22ClN3O. The van der Waals surface area contributed by atoms with Crippen LogP contribution in [-0.4, -0.2) is 22.7 Å². The predicted octanol–water partition coefficient (Wildman–Crippen LogP) is 3.63. The molecule has 4 nitrogen and oxygen atoms in total. The van der Waals surface area contributed by atoms with Crippen LogP contribution in [0, 0.1) is 0 Å². The molecule has 1 atom stereocenters. The summed E-state index contributed by atoms with van der Waals surface area (Å²) in [5.41, 5.74) is 1.02. The van der Waals surface area contributed by atoms with Crippen LogP contribution in [0.2, 0.25) is 5.02 Å². The summed E-state index contributed by atoms with van der Waals surface area (Å²) in [6, 6.07) is 8.12. The van der Waals surface area contributed by atoms with Gasteiger partial charge in [-0.05, 0) is 31.0 Å². The lowest BCUT2D eigenvalue weighted by Crippen LogP contribution is -2.31. The molecule has 0 saturated heterocycles. The highest BCUT2D eigenvalue weighted by molar-refractivity contribution is 6.31. The van der Waals surface area contributed by atoms with E-state index >= 15 is 0 Å². The number of aromatic nitrogens is 2. The van der Waals surface area contributed by atoms with Crippen molar-refractivity contribution < 1.29 is 4.52 Å². The highest BCUT2D eigenvalue weighted by atomic mass is 35.5. The molecule has 0 fully saturated rings. The number of nitrogens with zero attached hydrogens (tertiary/aromatic N) is 2. The van der Waals surface area contributed by atoms with Crippen molar-refractivity contribution in [1.29, 1.82) is 0 Å². The summed E-state index contributed by atoms with van der Waals surface area (Å²) in [5.74, 6) is 1.37. The molecule has 2 aromatic rings. The number of hydrogen-bond acceptors (Lipinski definition) is 4. The third-order valence-corrected chi connectivity index (χ3v) is 3.78. The molecule has 0 saturated carbocycles. The molecule has 1 unspecified atom stereocenters. The van der Waals surface area contributed by atoms with E-state index in [2.05, 4.69) is 29.3 Å². The van der Waals surface area contributed by atoms with Gasteiger partial charge in [-0.3, -0.25) is 0 Å². The predicted molar refractivity (Wildman–Crippen MR) is 84.6 cm³/mol. The number of hydrogen-bond donors (Lipinski definition) is 1. The van der Waals surface area contributed by atoms with Crippen molar-refractivity contribution in [3.05, 3.63) is 46.6 Å². The topological polar surface area (TPSA) is 51.0 Å². The van der Waals surface area contributed by atoms with E-state index in [9.17, 15) is 0 Å². The molecule has 0 radical (unpaired) electrons. The number of halogens is 1. The van der Waals surface area contributed by atoms with Crippen LogP contribution in [0.5, 0.6) is 0 Å². The fraction of sp³-hybridized carbons (Fsp3) is 0.500. The number of benzene rings is 1. The first-order valence-corrected chi connectivity index (χ1v) is 7.89. The van der Waals surface area contributed by atoms with Crippen molar-refractivity contribution in [3.63, 3.8) is 0 Å². The van der Waals surface area contributed by atoms with Gasteiger partial charge in [0.2, 0.25) is 5.89 Å². The Morgan fingerprint density at radius 1 is 1.29 bits per heavy atom. The van der Waals surface area contributed by atoms with E-state index in [1.54, 1.807) is 0 Å². The molecular weight excluding hydrogens is 286 g/mol. The molecule has 0 aliphatic rings. The van der Waals surface area contributed by atoms with Crippen LogP contribution >= 0.6 is 11.6 Å². The Hall–Kier alpha value is -1.39. The van der Waals surface area contributed by atoms with Gasteiger partial charge in [-0.2, -0.15) is 4.98 Å². The fourth-order valence-corrected chi connectivity index (χ4v) is 2.38. The summed E-state index contributed by atoms with van der Waals surface area (Å²) in [5, 5.41) is 8.27. The first kappa shape index (κ1) is 16.0. The van der Waals surface area contributed by atoms with E-state index in [-0.39, 0.29) is 0 Å². The maximum Gasteiger partial charge on any atom is 0.228 e. The molecule has 2 rings (SSSR count). The van der Waals surface area contributed by atoms with Gasteiger partial charge < -0.3 is 9.84 Å². The SMILES string of the molecule is CCCNC(CC)Cc1nc(Cc2ccccc2Cl)no1. The van der Waals surface area contributed by atoms with Gasteiger partial charge in [-0.1, -0.05) is 48.8 Å². The largest absolute Gasteiger partial charge is 0.339 e. The molecule has 21 heavy (non-hydrogen) atoms. The molecule has 1 aromatic heterocycles. The minimum absolute atomic E-state index is 0.388. The highest BCUT2D eigenvalue weighted by Gasteiger charge is 2.13. The van der Waals surface area contributed by atoms with Crippen LogP contribution < -0.4 is 5.32 Å². The Kier molecular flexibility index (Phi) is 6.21. The van der Waals surface area contributed by atoms with Gasteiger partial charge in [0.25, 0.3) is 0 Å². The summed E-state index contributed by atoms with van der Waals surface area (Å²) in [6.07, 6.45) is 3.54. The van der Waals surface area contributed by atoms with Crippen molar-refractivity contribution in [1.82, 2.24) is 15.5 Å². The summed E-state index contributed by atoms with van der Waals surface area (Å²) in [6.45, 7) is 5.33. The zero-order valence-corrected chi connectivity index (χ0v) is 13.4. The Balaban J connectivity index is 1.96. The zero-order valence-electron chi connectivity index (χ0n) is 12.6. The summed E-state index contributed by atoms with van der Waals surface area (Å²) < 4.78 is 5.34. The lowest BCUT2D eigenvalue weighted by molar-refractivity contribution is 0.350. The lowest BCUT2D eigenvalue weighted by Gasteiger charge is -2.13. The molecule has 0 bridgehead atoms. The highest BCUT2D eigenvalue weighted by Crippen LogP contribution is 2.17. The van der Waals surface area contributed by atoms with Crippen LogP contribution in [0.1, 0.15) is 44.0 Å². The summed E-state index contributed by atoms with van der Waals surface area (Å²) >= 11 is 6.15. The van der Waals surface area contributed by atoms with E-state index in [4.69, 9.17) is 16.1 Å². The van der Waals surface area contributed by atoms with Gasteiger partial charge in [0.15, 0.2) is 5.82 Å². The molecule has 1 aromatic carbocycles. The maximum absolute atomic E-state index is 6.15. The molecule has 1 N–H and O–H groups in total. The third-order valence-electron chi connectivity index (χ3n) is 3.41. The van der Waals surface area contributed by atoms with Crippen molar-refractivity contribution in [2.24, 2.45) is 0 Å². The van der Waals surface area contributed by atoms with Gasteiger partial charge >= 0.3 is 0 Å². The van der Waals surface area contributed by atoms with Gasteiger partial charge in [0.1, 0.15) is 0 Å². The molecule has 1 heterocycles. The van der Waals surface area contributed by atoms with Crippen molar-refractivity contribution in [2.45, 2.75) is 45.6 Å². The van der Waals surface area contributed by atoms with E-state index in [0.717, 1.165) is 36.4 Å². The van der Waals surface area contributed by atoms with E-state index in [0.29, 0.717) is 24.2 Å². The quantitative estimate of drug-likeness (QED) is 0.809. The smallest absolute Gasteiger partial charge is 0.228 e. The van der Waals surface area contributed by atoms with E-state index in [1.165, 1.54) is 0 Å². The molecule has 114 valence electrons. The second-order valence-electron chi connectivity index (χ2n) is 5.14. The minimum atomic E-state index is 0.388. The Morgan fingerprint density at radius 2 is 2.10 bits per heavy atom. The van der Waals surface area contributed by atoms with Gasteiger partial charge in [0.05, 0.1) is 0 Å². The van der Waals surface area contributed by atoms with Crippen LogP contribution in [-0.2, 0) is 12.8 Å². The molecule has 0 spiro atoms. The Bertz CT molecular complexity index is 556. The van der Waals surface area contributed by atoms with Gasteiger partial charge in [0, 0.05) is 23.9 Å². The van der Waals surface area contributed by atoms with E-state index < -0.39 is 0 Å². The normalized spacial score (nSPS) is 12.5. The molecule has 0 amide bonds. The fourth-order valence-electron chi connectivity index (χ4n) is 2.18. The molecule has 5 heteroatoms. The maximum atomic E-state index is 6.15. The van der Waals surface area contributed by atoms with Crippen LogP contribution in [0.4, 0.5) is 0 Å². The van der Waals surface area contributed by atoms with E-state index in [1.807, 2.05) is 24.3 Å². The second kappa shape index (κ2) is 8.15. The van der Waals surface area contributed by atoms with Crippen LogP contribution in [0.15, 0.2) is 28.8 Å². The second-order valence-corrected chi connectivity index (χ2v) is 5.54. The van der Waals surface area contributed by atoms with Gasteiger partial charge in [-0.25, -0.2) is 0 Å². The van der Waals surface area contributed by atoms with Crippen molar-refractivity contribution in [2.75, 3.05) is 6.54 Å². The summed E-state index contributed by atoms with van der Waals surface area (Å²) in [4.78, 5) is 4.47. The standard InChI is InChI=1S/C16H22ClN3O/c1-3-9-18-13(4-2)11-16-19-15(20-21-16)10-12-7-5-6-8-14(12)17/h5-8,13,18H,3-4,9-11H2,1-2H3. The summed E-state index contributed by atoms with van der Waals surface area (Å²) in [7, 11) is 0. The monoisotopic (exact) mass is 307 g/mol. The van der Waals surface area contributed by atoms with Gasteiger partial charge in [-0.15, -0.1) is 0 Å². The molecule has 0 aliphatic heterocycles.